The third-order valence-corrected chi connectivity index (χ3v) is 5.92. The molecule has 2 rings (SSSR count). The fraction of sp³-hybridized carbons (Fsp3) is 1.00. The normalized spacial score (nSPS) is 42.6. The summed E-state index contributed by atoms with van der Waals surface area (Å²) < 4.78 is 0. The summed E-state index contributed by atoms with van der Waals surface area (Å²) in [5, 5.41) is 21.8. The molecule has 0 amide bonds. The quantitative estimate of drug-likeness (QED) is 0.813. The molecule has 2 nitrogen and oxygen atoms in total. The molecule has 6 atom stereocenters. The summed E-state index contributed by atoms with van der Waals surface area (Å²) in [4.78, 5) is 0. The molecule has 118 valence electrons. The maximum Gasteiger partial charge on any atom is 0.0623 e. The van der Waals surface area contributed by atoms with Crippen LogP contribution in [-0.4, -0.2) is 22.4 Å². The van der Waals surface area contributed by atoms with Gasteiger partial charge in [-0.2, -0.15) is 0 Å². The first-order valence-electron chi connectivity index (χ1n) is 9.05. The van der Waals surface area contributed by atoms with Crippen molar-refractivity contribution in [1.29, 1.82) is 0 Å². The first kappa shape index (κ1) is 16.3. The van der Waals surface area contributed by atoms with Gasteiger partial charge in [0, 0.05) is 5.92 Å². The zero-order valence-corrected chi connectivity index (χ0v) is 13.4. The molecule has 0 bridgehead atoms. The molecular formula is C18H34O2. The molecule has 0 saturated heterocycles. The molecule has 20 heavy (non-hydrogen) atoms. The van der Waals surface area contributed by atoms with Crippen LogP contribution in [0, 0.1) is 23.7 Å². The summed E-state index contributed by atoms with van der Waals surface area (Å²) in [7, 11) is 0. The average molecular weight is 282 g/mol. The summed E-state index contributed by atoms with van der Waals surface area (Å²) in [6.45, 7) is 4.41. The van der Waals surface area contributed by atoms with Crippen molar-refractivity contribution in [1.82, 2.24) is 0 Å². The van der Waals surface area contributed by atoms with Gasteiger partial charge in [-0.3, -0.25) is 0 Å². The highest BCUT2D eigenvalue weighted by molar-refractivity contribution is 4.93. The summed E-state index contributed by atoms with van der Waals surface area (Å²) in [5.74, 6) is 1.55. The highest BCUT2D eigenvalue weighted by Crippen LogP contribution is 2.44. The minimum atomic E-state index is -0.269. The van der Waals surface area contributed by atoms with Crippen molar-refractivity contribution < 1.29 is 10.2 Å². The van der Waals surface area contributed by atoms with Crippen LogP contribution in [0.1, 0.15) is 78.1 Å². The predicted molar refractivity (Wildman–Crippen MR) is 83.5 cm³/mol. The van der Waals surface area contributed by atoms with Gasteiger partial charge in [0.15, 0.2) is 0 Å². The van der Waals surface area contributed by atoms with E-state index in [-0.39, 0.29) is 18.1 Å². The van der Waals surface area contributed by atoms with Crippen LogP contribution in [0.4, 0.5) is 0 Å². The second-order valence-electron chi connectivity index (χ2n) is 7.28. The maximum atomic E-state index is 10.9. The molecule has 0 aromatic heterocycles. The van der Waals surface area contributed by atoms with Gasteiger partial charge in [0.25, 0.3) is 0 Å². The van der Waals surface area contributed by atoms with E-state index in [0.29, 0.717) is 17.8 Å². The van der Waals surface area contributed by atoms with E-state index in [0.717, 1.165) is 38.5 Å². The number of aliphatic hydroxyl groups excluding tert-OH is 2. The largest absolute Gasteiger partial charge is 0.392 e. The zero-order valence-electron chi connectivity index (χ0n) is 13.4. The van der Waals surface area contributed by atoms with Gasteiger partial charge in [0.2, 0.25) is 0 Å². The minimum absolute atomic E-state index is 0.146. The second-order valence-corrected chi connectivity index (χ2v) is 7.28. The second kappa shape index (κ2) is 7.79. The smallest absolute Gasteiger partial charge is 0.0623 e. The molecule has 2 N–H and O–H groups in total. The average Bonchev–Trinajstić information content (AvgIpc) is 2.67. The predicted octanol–water partition coefficient (Wildman–Crippen LogP) is 4.14. The van der Waals surface area contributed by atoms with Crippen molar-refractivity contribution in [2.75, 3.05) is 0 Å². The standard InChI is InChI=1S/C18H34O2/c1-3-7-14-11-5-9-13-10-6-12-15(8-4-2)18(20)16(13)17(14)19/h13-20H,3-12H2,1-2H3/t13?,14-,15+,16?,17?,18?. The molecule has 0 aromatic carbocycles. The van der Waals surface area contributed by atoms with Crippen LogP contribution in [0.3, 0.4) is 0 Å². The van der Waals surface area contributed by atoms with Gasteiger partial charge >= 0.3 is 0 Å². The van der Waals surface area contributed by atoms with E-state index in [4.69, 9.17) is 0 Å². The highest BCUT2D eigenvalue weighted by atomic mass is 16.3. The molecule has 0 spiro atoms. The SMILES string of the molecule is CCC[C@@H]1CCCC2CCC[C@H](CCC)C(O)C2C1O. The molecule has 4 unspecified atom stereocenters. The fourth-order valence-corrected chi connectivity index (χ4v) is 4.92. The molecule has 2 saturated carbocycles. The van der Waals surface area contributed by atoms with Crippen LogP contribution >= 0.6 is 0 Å². The Kier molecular flexibility index (Phi) is 6.35. The lowest BCUT2D eigenvalue weighted by molar-refractivity contribution is -0.0594. The Bertz CT molecular complexity index is 253. The van der Waals surface area contributed by atoms with Gasteiger partial charge in [0.05, 0.1) is 12.2 Å². The summed E-state index contributed by atoms with van der Waals surface area (Å²) in [5.41, 5.74) is 0. The number of aliphatic hydroxyl groups is 2. The first-order chi connectivity index (χ1) is 9.69. The van der Waals surface area contributed by atoms with Gasteiger partial charge in [-0.15, -0.1) is 0 Å². The van der Waals surface area contributed by atoms with Gasteiger partial charge in [-0.05, 0) is 56.3 Å². The van der Waals surface area contributed by atoms with Crippen LogP contribution in [-0.2, 0) is 0 Å². The van der Waals surface area contributed by atoms with Crippen molar-refractivity contribution in [3.63, 3.8) is 0 Å². The molecule has 2 fully saturated rings. The Hall–Kier alpha value is -0.0800. The third kappa shape index (κ3) is 3.57. The van der Waals surface area contributed by atoms with Gasteiger partial charge in [-0.25, -0.2) is 0 Å². The third-order valence-electron chi connectivity index (χ3n) is 5.92. The number of fused-ring (bicyclic) bond motifs is 1. The van der Waals surface area contributed by atoms with Crippen molar-refractivity contribution in [3.8, 4) is 0 Å². The Balaban J connectivity index is 2.15. The molecule has 2 heteroatoms. The van der Waals surface area contributed by atoms with E-state index < -0.39 is 0 Å². The summed E-state index contributed by atoms with van der Waals surface area (Å²) in [6, 6.07) is 0. The molecule has 0 radical (unpaired) electrons. The first-order valence-corrected chi connectivity index (χ1v) is 9.05. The lowest BCUT2D eigenvalue weighted by Crippen LogP contribution is -2.42. The summed E-state index contributed by atoms with van der Waals surface area (Å²) >= 11 is 0. The minimum Gasteiger partial charge on any atom is -0.392 e. The number of hydrogen-bond acceptors (Lipinski definition) is 2. The number of rotatable bonds is 4. The van der Waals surface area contributed by atoms with Crippen LogP contribution < -0.4 is 0 Å². The van der Waals surface area contributed by atoms with E-state index in [9.17, 15) is 10.2 Å². The van der Waals surface area contributed by atoms with Crippen molar-refractivity contribution in [2.45, 2.75) is 90.3 Å². The van der Waals surface area contributed by atoms with Crippen molar-refractivity contribution in [2.24, 2.45) is 23.7 Å². The highest BCUT2D eigenvalue weighted by Gasteiger charge is 2.43. The summed E-state index contributed by atoms with van der Waals surface area (Å²) in [6.07, 6.45) is 11.2. The van der Waals surface area contributed by atoms with Crippen molar-refractivity contribution >= 4 is 0 Å². The maximum absolute atomic E-state index is 10.9. The molecule has 2 aliphatic rings. The van der Waals surface area contributed by atoms with E-state index >= 15 is 0 Å². The van der Waals surface area contributed by atoms with E-state index in [1.54, 1.807) is 0 Å². The van der Waals surface area contributed by atoms with E-state index in [1.165, 1.54) is 25.7 Å². The Labute approximate surface area is 125 Å². The molecule has 0 aliphatic heterocycles. The Morgan fingerprint density at radius 2 is 1.20 bits per heavy atom. The van der Waals surface area contributed by atoms with Crippen molar-refractivity contribution in [3.05, 3.63) is 0 Å². The monoisotopic (exact) mass is 282 g/mol. The topological polar surface area (TPSA) is 40.5 Å². The Morgan fingerprint density at radius 3 is 1.60 bits per heavy atom. The van der Waals surface area contributed by atoms with Gasteiger partial charge in [-0.1, -0.05) is 39.5 Å². The molecule has 0 heterocycles. The van der Waals surface area contributed by atoms with E-state index in [2.05, 4.69) is 13.8 Å². The molecular weight excluding hydrogens is 248 g/mol. The van der Waals surface area contributed by atoms with E-state index in [1.807, 2.05) is 0 Å². The fourth-order valence-electron chi connectivity index (χ4n) is 4.92. The van der Waals surface area contributed by atoms with Crippen LogP contribution in [0.25, 0.3) is 0 Å². The zero-order chi connectivity index (χ0) is 14.5. The van der Waals surface area contributed by atoms with Crippen LogP contribution in [0.15, 0.2) is 0 Å². The lowest BCUT2D eigenvalue weighted by Gasteiger charge is -2.36. The van der Waals surface area contributed by atoms with Crippen LogP contribution in [0.5, 0.6) is 0 Å². The number of hydrogen-bond donors (Lipinski definition) is 2. The van der Waals surface area contributed by atoms with Gasteiger partial charge in [0.1, 0.15) is 0 Å². The lowest BCUT2D eigenvalue weighted by atomic mass is 9.75. The molecule has 0 aromatic rings. The molecule has 2 aliphatic carbocycles. The van der Waals surface area contributed by atoms with Crippen LogP contribution in [0.2, 0.25) is 0 Å². The van der Waals surface area contributed by atoms with Gasteiger partial charge < -0.3 is 10.2 Å². The Morgan fingerprint density at radius 1 is 0.750 bits per heavy atom.